The third-order valence-electron chi connectivity index (χ3n) is 6.45. The molecule has 17 nitrogen and oxygen atoms in total. The van der Waals surface area contributed by atoms with Crippen molar-refractivity contribution in [1.29, 1.82) is 0 Å². The van der Waals surface area contributed by atoms with Crippen molar-refractivity contribution in [3.63, 3.8) is 0 Å². The van der Waals surface area contributed by atoms with Crippen molar-refractivity contribution < 1.29 is 60.1 Å². The summed E-state index contributed by atoms with van der Waals surface area (Å²) in [6.45, 7) is 3.92. The lowest BCUT2D eigenvalue weighted by molar-refractivity contribution is -0.777. The molecule has 0 saturated carbocycles. The van der Waals surface area contributed by atoms with Gasteiger partial charge in [-0.2, -0.15) is 19.5 Å². The maximum absolute atomic E-state index is 13.3. The third-order valence-corrected chi connectivity index (χ3v) is 8.74. The molecule has 0 atom stereocenters. The highest BCUT2D eigenvalue weighted by molar-refractivity contribution is 7.94. The van der Waals surface area contributed by atoms with Gasteiger partial charge in [0.1, 0.15) is 31.6 Å². The number of hydrazone groups is 1. The van der Waals surface area contributed by atoms with Crippen molar-refractivity contribution in [2.24, 2.45) is 5.10 Å². The number of Topliss-reactive ketones (excluding diaryl/α,β-unsaturated/α-hetero) is 2. The van der Waals surface area contributed by atoms with Crippen LogP contribution in [-0.2, 0) is 39.2 Å². The average Bonchev–Trinajstić information content (AvgIpc) is 3.51. The van der Waals surface area contributed by atoms with Crippen molar-refractivity contribution >= 4 is 67.2 Å². The first-order chi connectivity index (χ1) is 22.4. The predicted octanol–water partition coefficient (Wildman–Crippen LogP) is 0.983. The number of hydrogen-bond donors (Lipinski definition) is 0. The molecule has 2 aromatic carbocycles. The number of amides is 1. The maximum Gasteiger partial charge on any atom is 0.281 e. The third kappa shape index (κ3) is 7.67. The molecule has 0 fully saturated rings. The molecule has 1 aliphatic rings. The Balaban J connectivity index is 1.69. The first-order valence-electron chi connectivity index (χ1n) is 13.1. The Bertz CT molecular complexity index is 2180. The van der Waals surface area contributed by atoms with E-state index in [1.807, 2.05) is 0 Å². The van der Waals surface area contributed by atoms with E-state index < -0.39 is 70.3 Å². The summed E-state index contributed by atoms with van der Waals surface area (Å²) in [5.74, 6) is -3.10. The van der Waals surface area contributed by atoms with Crippen LogP contribution in [-0.4, -0.2) is 58.9 Å². The van der Waals surface area contributed by atoms with Gasteiger partial charge in [-0.15, -0.1) is 0 Å². The molecule has 4 rings (SSSR count). The second kappa shape index (κ2) is 14.1. The highest BCUT2D eigenvalue weighted by atomic mass is 32.2. The quantitative estimate of drug-likeness (QED) is 0.0481. The molecule has 48 heavy (non-hydrogen) atoms. The summed E-state index contributed by atoms with van der Waals surface area (Å²) >= 11 is 0.588. The van der Waals surface area contributed by atoms with Crippen LogP contribution in [0.2, 0.25) is 0 Å². The molecule has 0 spiro atoms. The van der Waals surface area contributed by atoms with Crippen LogP contribution in [0.1, 0.15) is 35.5 Å². The van der Waals surface area contributed by atoms with Crippen LogP contribution in [0.3, 0.4) is 0 Å². The summed E-state index contributed by atoms with van der Waals surface area (Å²) in [7, 11) is -10.5. The van der Waals surface area contributed by atoms with Crippen LogP contribution in [0.15, 0.2) is 86.1 Å². The monoisotopic (exact) mass is 716 g/mol. The highest BCUT2D eigenvalue weighted by Gasteiger charge is 2.34. The number of hydrogen-bond acceptors (Lipinski definition) is 16. The minimum absolute atomic E-state index is 0.0925. The molecule has 0 unspecified atom stereocenters. The maximum atomic E-state index is 13.3. The van der Waals surface area contributed by atoms with Crippen LogP contribution in [0, 0.1) is 6.92 Å². The first-order valence-corrected chi connectivity index (χ1v) is 16.6. The van der Waals surface area contributed by atoms with E-state index in [1.165, 1.54) is 37.3 Å². The number of ketones is 2. The lowest BCUT2D eigenvalue weighted by Gasteiger charge is -2.19. The van der Waals surface area contributed by atoms with E-state index in [0.29, 0.717) is 45.4 Å². The fourth-order valence-electron chi connectivity index (χ4n) is 4.30. The molecule has 3 aromatic rings. The summed E-state index contributed by atoms with van der Waals surface area (Å²) in [4.78, 5) is 36.3. The molecular formula is C28H20N4O13S3-4. The normalized spacial score (nSPS) is 14.9. The summed E-state index contributed by atoms with van der Waals surface area (Å²) in [5.41, 5.74) is -1.11. The number of carbonyl (C=O) groups is 3. The van der Waals surface area contributed by atoms with Crippen LogP contribution < -0.4 is 15.4 Å². The second-order valence-electron chi connectivity index (χ2n) is 9.69. The van der Waals surface area contributed by atoms with Gasteiger partial charge in [0.05, 0.1) is 38.8 Å². The highest BCUT2D eigenvalue weighted by Crippen LogP contribution is 2.32. The van der Waals surface area contributed by atoms with Gasteiger partial charge in [0.15, 0.2) is 11.6 Å². The minimum atomic E-state index is -5.32. The summed E-state index contributed by atoms with van der Waals surface area (Å²) in [5, 5.41) is 35.7. The van der Waals surface area contributed by atoms with Gasteiger partial charge in [-0.25, -0.2) is 21.5 Å². The van der Waals surface area contributed by atoms with E-state index in [0.717, 1.165) is 18.0 Å². The van der Waals surface area contributed by atoms with Crippen LogP contribution >= 0.6 is 12.0 Å². The molecule has 0 bridgehead atoms. The van der Waals surface area contributed by atoms with Gasteiger partial charge in [-0.1, -0.05) is 30.4 Å². The molecule has 0 aliphatic carbocycles. The van der Waals surface area contributed by atoms with Crippen molar-refractivity contribution in [2.75, 3.05) is 5.01 Å². The fourth-order valence-corrected chi connectivity index (χ4v) is 5.81. The van der Waals surface area contributed by atoms with Gasteiger partial charge in [-0.3, -0.25) is 19.4 Å². The SMILES string of the molecule is CC(=O)C1=NN(c2cc(SOO[O-])ccc2C)C(=O)\C1=C/C=C/C=C/c1c(C(C)=O)nn(-c2cc(S(=O)(=O)[O-])ccc2S(=O)(=O)[O-])c1[O-]. The van der Waals surface area contributed by atoms with Gasteiger partial charge in [-0.05, 0) is 54.8 Å². The van der Waals surface area contributed by atoms with E-state index in [4.69, 9.17) is 0 Å². The Morgan fingerprint density at radius 3 is 2.25 bits per heavy atom. The molecule has 0 saturated heterocycles. The largest absolute Gasteiger partial charge is 0.858 e. The Morgan fingerprint density at radius 1 is 0.938 bits per heavy atom. The number of allylic oxidation sites excluding steroid dienone is 4. The topological polar surface area (TPSA) is 264 Å². The minimum Gasteiger partial charge on any atom is -0.858 e. The molecule has 0 N–H and O–H groups in total. The number of anilines is 1. The molecule has 1 aromatic heterocycles. The summed E-state index contributed by atoms with van der Waals surface area (Å²) in [6, 6.07) is 6.29. The zero-order valence-corrected chi connectivity index (χ0v) is 27.1. The smallest absolute Gasteiger partial charge is 0.281 e. The molecular weight excluding hydrogens is 697 g/mol. The number of carbonyl (C=O) groups excluding carboxylic acids is 3. The van der Waals surface area contributed by atoms with E-state index in [1.54, 1.807) is 19.1 Å². The van der Waals surface area contributed by atoms with Crippen LogP contribution in [0.4, 0.5) is 5.69 Å². The lowest BCUT2D eigenvalue weighted by atomic mass is 10.1. The van der Waals surface area contributed by atoms with Gasteiger partial charge in [0, 0.05) is 24.3 Å². The van der Waals surface area contributed by atoms with Crippen molar-refractivity contribution in [3.05, 3.63) is 83.1 Å². The second-order valence-corrected chi connectivity index (χ2v) is 13.2. The van der Waals surface area contributed by atoms with Crippen LogP contribution in [0.25, 0.3) is 11.8 Å². The Morgan fingerprint density at radius 2 is 1.65 bits per heavy atom. The number of aryl methyl sites for hydroxylation is 1. The van der Waals surface area contributed by atoms with E-state index in [9.17, 15) is 50.7 Å². The number of nitrogens with zero attached hydrogens (tertiary/aromatic N) is 4. The van der Waals surface area contributed by atoms with Crippen LogP contribution in [0.5, 0.6) is 5.88 Å². The molecule has 0 radical (unpaired) electrons. The summed E-state index contributed by atoms with van der Waals surface area (Å²) < 4.78 is 74.7. The number of benzene rings is 2. The zero-order valence-electron chi connectivity index (χ0n) is 24.7. The molecule has 1 aliphatic heterocycles. The Kier molecular flexibility index (Phi) is 10.6. The Labute approximate surface area is 276 Å². The predicted molar refractivity (Wildman–Crippen MR) is 160 cm³/mol. The van der Waals surface area contributed by atoms with Gasteiger partial charge >= 0.3 is 0 Å². The zero-order chi connectivity index (χ0) is 35.6. The standard InChI is InChI=1S/C28H24N4O13S3/c1-15-9-10-18(46-45-44-37)13-22(15)31-27(35)20(25(29-31)16(2)33)7-5-4-6-8-21-26(17(3)34)30-32(28(21)36)23-14-19(47(38,39)40)11-12-24(23)48(41,42)43/h4-14,36-37H,1-3H3,(H,38,39,40)(H,41,42,43)/p-4/b5-4+,8-6+,20-7-. The van der Waals surface area contributed by atoms with E-state index >= 15 is 0 Å². The number of aromatic nitrogens is 2. The van der Waals surface area contributed by atoms with Crippen molar-refractivity contribution in [1.82, 2.24) is 9.78 Å². The van der Waals surface area contributed by atoms with Gasteiger partial charge in [0.25, 0.3) is 5.91 Å². The van der Waals surface area contributed by atoms with E-state index in [2.05, 4.69) is 19.6 Å². The molecule has 1 amide bonds. The molecule has 2 heterocycles. The first kappa shape index (κ1) is 36.0. The fraction of sp³-hybridized carbons (Fsp3) is 0.107. The lowest BCUT2D eigenvalue weighted by Crippen LogP contribution is -2.22. The van der Waals surface area contributed by atoms with Crippen molar-refractivity contribution in [2.45, 2.75) is 35.5 Å². The Hall–Kier alpha value is -4.80. The van der Waals surface area contributed by atoms with E-state index in [-0.39, 0.29) is 17.0 Å². The van der Waals surface area contributed by atoms with Gasteiger partial charge < -0.3 is 19.5 Å². The molecule has 252 valence electrons. The summed E-state index contributed by atoms with van der Waals surface area (Å²) in [6.07, 6.45) is 6.23. The van der Waals surface area contributed by atoms with Crippen molar-refractivity contribution in [3.8, 4) is 11.6 Å². The number of rotatable bonds is 12. The average molecular weight is 717 g/mol. The van der Waals surface area contributed by atoms with Gasteiger partial charge in [0.2, 0.25) is 0 Å². The molecule has 20 heteroatoms.